The molecule has 2 heterocycles. The van der Waals surface area contributed by atoms with Crippen LogP contribution in [0.5, 0.6) is 0 Å². The van der Waals surface area contributed by atoms with Crippen molar-refractivity contribution < 1.29 is 0 Å². The molecule has 114 valence electrons. The van der Waals surface area contributed by atoms with Crippen LogP contribution < -0.4 is 5.73 Å². The Balaban J connectivity index is 2.11. The Labute approximate surface area is 123 Å². The zero-order valence-corrected chi connectivity index (χ0v) is 13.7. The Morgan fingerprint density at radius 2 is 2.05 bits per heavy atom. The number of aromatic nitrogens is 2. The van der Waals surface area contributed by atoms with Crippen LogP contribution in [0, 0.1) is 19.3 Å². The fourth-order valence-electron chi connectivity index (χ4n) is 3.24. The van der Waals surface area contributed by atoms with E-state index in [4.69, 9.17) is 5.73 Å². The lowest BCUT2D eigenvalue weighted by Crippen LogP contribution is -2.52. The Morgan fingerprint density at radius 3 is 2.65 bits per heavy atom. The molecule has 1 saturated heterocycles. The van der Waals surface area contributed by atoms with Crippen molar-refractivity contribution in [3.63, 3.8) is 0 Å². The zero-order valence-electron chi connectivity index (χ0n) is 13.7. The third-order valence-electron chi connectivity index (χ3n) is 4.74. The first-order valence-electron chi connectivity index (χ1n) is 7.86. The highest BCUT2D eigenvalue weighted by molar-refractivity contribution is 5.24. The molecule has 2 rings (SSSR count). The second kappa shape index (κ2) is 5.86. The van der Waals surface area contributed by atoms with Gasteiger partial charge in [-0.3, -0.25) is 9.58 Å². The normalized spacial score (nSPS) is 23.2. The molecule has 0 bridgehead atoms. The molecular formula is C16H30N4. The zero-order chi connectivity index (χ0) is 14.9. The number of likely N-dealkylation sites (tertiary alicyclic amines) is 1. The van der Waals surface area contributed by atoms with Gasteiger partial charge in [0.25, 0.3) is 0 Å². The highest BCUT2D eigenvalue weighted by Gasteiger charge is 2.33. The summed E-state index contributed by atoms with van der Waals surface area (Å²) in [5.74, 6) is 0. The highest BCUT2D eigenvalue weighted by Crippen LogP contribution is 2.29. The molecule has 0 radical (unpaired) electrons. The van der Waals surface area contributed by atoms with E-state index in [9.17, 15) is 0 Å². The maximum atomic E-state index is 6.23. The fraction of sp³-hybridized carbons (Fsp3) is 0.812. The maximum absolute atomic E-state index is 6.23. The van der Waals surface area contributed by atoms with Gasteiger partial charge >= 0.3 is 0 Å². The van der Waals surface area contributed by atoms with Crippen LogP contribution in [0.15, 0.2) is 0 Å². The number of hydrogen-bond donors (Lipinski definition) is 1. The summed E-state index contributed by atoms with van der Waals surface area (Å²) in [6.45, 7) is 15.3. The minimum atomic E-state index is 0.208. The van der Waals surface area contributed by atoms with Crippen molar-refractivity contribution in [1.29, 1.82) is 0 Å². The van der Waals surface area contributed by atoms with E-state index in [-0.39, 0.29) is 5.41 Å². The van der Waals surface area contributed by atoms with Gasteiger partial charge in [0.1, 0.15) is 0 Å². The lowest BCUT2D eigenvalue weighted by molar-refractivity contribution is 0.0895. The minimum Gasteiger partial charge on any atom is -0.327 e. The molecule has 0 amide bonds. The van der Waals surface area contributed by atoms with Crippen LogP contribution in [0.25, 0.3) is 0 Å². The molecule has 4 heteroatoms. The second-order valence-corrected chi connectivity index (χ2v) is 6.97. The number of aryl methyl sites for hydroxylation is 2. The molecule has 0 saturated carbocycles. The average Bonchev–Trinajstić information content (AvgIpc) is 2.62. The number of rotatable bonds is 4. The van der Waals surface area contributed by atoms with Gasteiger partial charge in [0.05, 0.1) is 5.69 Å². The largest absolute Gasteiger partial charge is 0.327 e. The molecule has 20 heavy (non-hydrogen) atoms. The summed E-state index contributed by atoms with van der Waals surface area (Å²) < 4.78 is 2.16. The predicted molar refractivity (Wildman–Crippen MR) is 83.6 cm³/mol. The monoisotopic (exact) mass is 278 g/mol. The van der Waals surface area contributed by atoms with Crippen molar-refractivity contribution >= 4 is 0 Å². The Morgan fingerprint density at radius 1 is 1.35 bits per heavy atom. The Hall–Kier alpha value is -0.870. The van der Waals surface area contributed by atoms with Gasteiger partial charge in [-0.25, -0.2) is 0 Å². The summed E-state index contributed by atoms with van der Waals surface area (Å²) in [6.07, 6.45) is 2.22. The predicted octanol–water partition coefficient (Wildman–Crippen LogP) is 2.47. The van der Waals surface area contributed by atoms with Gasteiger partial charge in [0.2, 0.25) is 0 Å². The molecule has 1 aliphatic heterocycles. The van der Waals surface area contributed by atoms with Crippen LogP contribution in [0.1, 0.15) is 50.6 Å². The fourth-order valence-corrected chi connectivity index (χ4v) is 3.24. The standard InChI is InChI=1S/C16H30N4/c1-6-8-20-13(3)14(12(2)18-20)10-19-9-7-15(17)16(4,5)11-19/h15H,6-11,17H2,1-5H3. The van der Waals surface area contributed by atoms with E-state index in [2.05, 4.69) is 49.3 Å². The van der Waals surface area contributed by atoms with Gasteiger partial charge in [-0.05, 0) is 32.1 Å². The Bertz CT molecular complexity index is 461. The molecule has 1 unspecified atom stereocenters. The first-order valence-corrected chi connectivity index (χ1v) is 7.86. The molecule has 0 aliphatic carbocycles. The van der Waals surface area contributed by atoms with Gasteiger partial charge in [-0.2, -0.15) is 5.10 Å². The van der Waals surface area contributed by atoms with Crippen molar-refractivity contribution in [3.05, 3.63) is 17.0 Å². The van der Waals surface area contributed by atoms with Crippen molar-refractivity contribution in [3.8, 4) is 0 Å². The molecule has 1 fully saturated rings. The summed E-state index contributed by atoms with van der Waals surface area (Å²) in [4.78, 5) is 2.54. The van der Waals surface area contributed by atoms with Crippen LogP contribution in [0.4, 0.5) is 0 Å². The van der Waals surface area contributed by atoms with Crippen molar-refractivity contribution in [2.75, 3.05) is 13.1 Å². The first kappa shape index (κ1) is 15.5. The molecular weight excluding hydrogens is 248 g/mol. The van der Waals surface area contributed by atoms with E-state index >= 15 is 0 Å². The topological polar surface area (TPSA) is 47.1 Å². The van der Waals surface area contributed by atoms with E-state index in [0.29, 0.717) is 6.04 Å². The minimum absolute atomic E-state index is 0.208. The number of nitrogens with two attached hydrogens (primary N) is 1. The number of nitrogens with zero attached hydrogens (tertiary/aromatic N) is 3. The lowest BCUT2D eigenvalue weighted by Gasteiger charge is -2.42. The average molecular weight is 278 g/mol. The third kappa shape index (κ3) is 3.07. The third-order valence-corrected chi connectivity index (χ3v) is 4.74. The number of piperidine rings is 1. The SMILES string of the molecule is CCCn1nc(C)c(CN2CCC(N)C(C)(C)C2)c1C. The van der Waals surface area contributed by atoms with Gasteiger partial charge in [0, 0.05) is 43.5 Å². The van der Waals surface area contributed by atoms with E-state index in [0.717, 1.165) is 39.0 Å². The molecule has 0 aromatic carbocycles. The molecule has 0 spiro atoms. The van der Waals surface area contributed by atoms with E-state index in [1.807, 2.05) is 0 Å². The molecule has 2 N–H and O–H groups in total. The van der Waals surface area contributed by atoms with Crippen molar-refractivity contribution in [2.24, 2.45) is 11.1 Å². The maximum Gasteiger partial charge on any atom is 0.0641 e. The van der Waals surface area contributed by atoms with Crippen molar-refractivity contribution in [1.82, 2.24) is 14.7 Å². The summed E-state index contributed by atoms with van der Waals surface area (Å²) in [5, 5.41) is 4.68. The first-order chi connectivity index (χ1) is 9.35. The van der Waals surface area contributed by atoms with Gasteiger partial charge < -0.3 is 5.73 Å². The van der Waals surface area contributed by atoms with E-state index < -0.39 is 0 Å². The molecule has 1 aromatic rings. The van der Waals surface area contributed by atoms with Crippen LogP contribution in [-0.2, 0) is 13.1 Å². The highest BCUT2D eigenvalue weighted by atomic mass is 15.3. The summed E-state index contributed by atoms with van der Waals surface area (Å²) in [5.41, 5.74) is 10.4. The molecule has 1 aromatic heterocycles. The Kier molecular flexibility index (Phi) is 4.55. The smallest absolute Gasteiger partial charge is 0.0641 e. The van der Waals surface area contributed by atoms with Crippen LogP contribution >= 0.6 is 0 Å². The summed E-state index contributed by atoms with van der Waals surface area (Å²) >= 11 is 0. The summed E-state index contributed by atoms with van der Waals surface area (Å²) in [7, 11) is 0. The van der Waals surface area contributed by atoms with Crippen LogP contribution in [0.2, 0.25) is 0 Å². The molecule has 4 nitrogen and oxygen atoms in total. The van der Waals surface area contributed by atoms with Gasteiger partial charge in [-0.15, -0.1) is 0 Å². The molecule has 1 aliphatic rings. The second-order valence-electron chi connectivity index (χ2n) is 6.97. The lowest BCUT2D eigenvalue weighted by atomic mass is 9.79. The van der Waals surface area contributed by atoms with E-state index in [1.54, 1.807) is 0 Å². The van der Waals surface area contributed by atoms with Crippen LogP contribution in [-0.4, -0.2) is 33.8 Å². The van der Waals surface area contributed by atoms with E-state index in [1.165, 1.54) is 17.0 Å². The van der Waals surface area contributed by atoms with Crippen LogP contribution in [0.3, 0.4) is 0 Å². The van der Waals surface area contributed by atoms with Gasteiger partial charge in [0.15, 0.2) is 0 Å². The molecule has 1 atom stereocenters. The number of hydrogen-bond acceptors (Lipinski definition) is 3. The van der Waals surface area contributed by atoms with Gasteiger partial charge in [-0.1, -0.05) is 20.8 Å². The quantitative estimate of drug-likeness (QED) is 0.920. The summed E-state index contributed by atoms with van der Waals surface area (Å²) in [6, 6.07) is 0.323. The van der Waals surface area contributed by atoms with Crippen molar-refractivity contribution in [2.45, 2.75) is 66.6 Å².